The van der Waals surface area contributed by atoms with E-state index < -0.39 is 0 Å². The van der Waals surface area contributed by atoms with E-state index in [9.17, 15) is 4.79 Å². The van der Waals surface area contributed by atoms with Gasteiger partial charge in [0.15, 0.2) is 0 Å². The van der Waals surface area contributed by atoms with Crippen molar-refractivity contribution in [2.45, 2.75) is 19.3 Å². The first-order chi connectivity index (χ1) is 11.3. The van der Waals surface area contributed by atoms with Crippen LogP contribution in [0.15, 0.2) is 65.1 Å². The number of nitrogens with one attached hydrogen (secondary N) is 1. The Bertz CT molecular complexity index is 824. The van der Waals surface area contributed by atoms with Crippen LogP contribution in [-0.4, -0.2) is 12.1 Å². The van der Waals surface area contributed by atoms with E-state index in [1.807, 2.05) is 47.8 Å². The molecular formula is C19H18N2OS. The van der Waals surface area contributed by atoms with Crippen LogP contribution in [0.1, 0.15) is 35.2 Å². The molecule has 1 heterocycles. The number of benzene rings is 2. The maximum absolute atomic E-state index is 12.2. The lowest BCUT2D eigenvalue weighted by molar-refractivity contribution is 0.0957. The predicted molar refractivity (Wildman–Crippen MR) is 97.3 cm³/mol. The van der Waals surface area contributed by atoms with E-state index >= 15 is 0 Å². The molecular weight excluding hydrogens is 304 g/mol. The Morgan fingerprint density at radius 3 is 2.74 bits per heavy atom. The second-order valence-corrected chi connectivity index (χ2v) is 6.36. The number of hydrogen-bond acceptors (Lipinski definition) is 3. The summed E-state index contributed by atoms with van der Waals surface area (Å²) in [6, 6.07) is 18.2. The van der Waals surface area contributed by atoms with Gasteiger partial charge in [0.05, 0.1) is 5.56 Å². The van der Waals surface area contributed by atoms with Crippen LogP contribution < -0.4 is 5.43 Å². The molecule has 0 saturated heterocycles. The molecule has 0 spiro atoms. The predicted octanol–water partition coefficient (Wildman–Crippen LogP) is 4.81. The summed E-state index contributed by atoms with van der Waals surface area (Å²) in [7, 11) is 0. The van der Waals surface area contributed by atoms with Gasteiger partial charge in [0.2, 0.25) is 0 Å². The van der Waals surface area contributed by atoms with Crippen molar-refractivity contribution in [2.24, 2.45) is 5.10 Å². The lowest BCUT2D eigenvalue weighted by Crippen LogP contribution is -2.17. The SMILES string of the molecule is C[C@H](C/C=N\NC(=O)c1csc2ccccc12)c1ccccc1. The zero-order valence-electron chi connectivity index (χ0n) is 12.9. The molecule has 0 bridgehead atoms. The smallest absolute Gasteiger partial charge is 0.267 e. The highest BCUT2D eigenvalue weighted by molar-refractivity contribution is 7.17. The fourth-order valence-electron chi connectivity index (χ4n) is 2.45. The van der Waals surface area contributed by atoms with Crippen molar-refractivity contribution in [3.63, 3.8) is 0 Å². The van der Waals surface area contributed by atoms with Gasteiger partial charge in [0, 0.05) is 21.7 Å². The van der Waals surface area contributed by atoms with Crippen molar-refractivity contribution in [3.8, 4) is 0 Å². The molecule has 3 nitrogen and oxygen atoms in total. The Morgan fingerprint density at radius 2 is 1.91 bits per heavy atom. The number of fused-ring (bicyclic) bond motifs is 1. The highest BCUT2D eigenvalue weighted by Gasteiger charge is 2.10. The third-order valence-corrected chi connectivity index (χ3v) is 4.77. The molecule has 3 aromatic rings. The summed E-state index contributed by atoms with van der Waals surface area (Å²) in [5, 5.41) is 6.93. The van der Waals surface area contributed by atoms with E-state index in [2.05, 4.69) is 29.6 Å². The van der Waals surface area contributed by atoms with Gasteiger partial charge in [-0.05, 0) is 24.0 Å². The number of carbonyl (C=O) groups excluding carboxylic acids is 1. The zero-order valence-corrected chi connectivity index (χ0v) is 13.7. The third-order valence-electron chi connectivity index (χ3n) is 3.81. The first-order valence-corrected chi connectivity index (χ1v) is 8.46. The zero-order chi connectivity index (χ0) is 16.1. The lowest BCUT2D eigenvalue weighted by atomic mass is 9.99. The summed E-state index contributed by atoms with van der Waals surface area (Å²) < 4.78 is 1.11. The maximum atomic E-state index is 12.2. The van der Waals surface area contributed by atoms with Crippen molar-refractivity contribution in [3.05, 3.63) is 71.1 Å². The number of carbonyl (C=O) groups is 1. The van der Waals surface area contributed by atoms with Crippen molar-refractivity contribution >= 4 is 33.5 Å². The van der Waals surface area contributed by atoms with Gasteiger partial charge in [-0.2, -0.15) is 5.10 Å². The minimum atomic E-state index is -0.161. The quantitative estimate of drug-likeness (QED) is 0.531. The molecule has 0 aliphatic heterocycles. The van der Waals surface area contributed by atoms with Gasteiger partial charge in [0.1, 0.15) is 0 Å². The largest absolute Gasteiger partial charge is 0.272 e. The minimum Gasteiger partial charge on any atom is -0.267 e. The van der Waals surface area contributed by atoms with Gasteiger partial charge in [-0.3, -0.25) is 4.79 Å². The average Bonchev–Trinajstić information content (AvgIpc) is 3.03. The normalized spacial score (nSPS) is 12.6. The summed E-state index contributed by atoms with van der Waals surface area (Å²) >= 11 is 1.57. The second-order valence-electron chi connectivity index (χ2n) is 5.45. The molecule has 1 N–H and O–H groups in total. The Hall–Kier alpha value is -2.46. The molecule has 0 radical (unpaired) electrons. The highest BCUT2D eigenvalue weighted by atomic mass is 32.1. The van der Waals surface area contributed by atoms with E-state index in [0.29, 0.717) is 11.5 Å². The minimum absolute atomic E-state index is 0.161. The van der Waals surface area contributed by atoms with Gasteiger partial charge in [-0.15, -0.1) is 11.3 Å². The first kappa shape index (κ1) is 15.4. The molecule has 23 heavy (non-hydrogen) atoms. The van der Waals surface area contributed by atoms with Crippen molar-refractivity contribution in [1.29, 1.82) is 0 Å². The summed E-state index contributed by atoms with van der Waals surface area (Å²) in [6.07, 6.45) is 2.55. The second kappa shape index (κ2) is 7.20. The number of hydrogen-bond donors (Lipinski definition) is 1. The maximum Gasteiger partial charge on any atom is 0.272 e. The Kier molecular flexibility index (Phi) is 4.83. The van der Waals surface area contributed by atoms with Crippen LogP contribution in [0.2, 0.25) is 0 Å². The summed E-state index contributed by atoms with van der Waals surface area (Å²) in [4.78, 5) is 12.2. The van der Waals surface area contributed by atoms with Crippen LogP contribution in [-0.2, 0) is 0 Å². The summed E-state index contributed by atoms with van der Waals surface area (Å²) in [5.74, 6) is 0.213. The highest BCUT2D eigenvalue weighted by Crippen LogP contribution is 2.25. The summed E-state index contributed by atoms with van der Waals surface area (Å²) in [6.45, 7) is 2.15. The van der Waals surface area contributed by atoms with Crippen LogP contribution in [0.5, 0.6) is 0 Å². The average molecular weight is 322 g/mol. The van der Waals surface area contributed by atoms with Gasteiger partial charge >= 0.3 is 0 Å². The first-order valence-electron chi connectivity index (χ1n) is 7.58. The molecule has 0 unspecified atom stereocenters. The molecule has 1 atom stereocenters. The Morgan fingerprint density at radius 1 is 1.17 bits per heavy atom. The van der Waals surface area contributed by atoms with Crippen LogP contribution in [0.3, 0.4) is 0 Å². The molecule has 1 amide bonds. The standard InChI is InChI=1S/C19H18N2OS/c1-14(15-7-3-2-4-8-15)11-12-20-21-19(22)17-13-23-18-10-6-5-9-16(17)18/h2-10,12-14H,11H2,1H3,(H,21,22)/b20-12-/t14-/m1/s1. The van der Waals surface area contributed by atoms with Crippen LogP contribution in [0.25, 0.3) is 10.1 Å². The van der Waals surface area contributed by atoms with Gasteiger partial charge in [-0.1, -0.05) is 55.5 Å². The van der Waals surface area contributed by atoms with Crippen LogP contribution >= 0.6 is 11.3 Å². The molecule has 0 saturated carbocycles. The number of nitrogens with zero attached hydrogens (tertiary/aromatic N) is 1. The molecule has 4 heteroatoms. The van der Waals surface area contributed by atoms with Gasteiger partial charge in [-0.25, -0.2) is 5.43 Å². The molecule has 0 aliphatic carbocycles. The number of hydrazone groups is 1. The number of rotatable bonds is 5. The Balaban J connectivity index is 1.59. The van der Waals surface area contributed by atoms with Crippen molar-refractivity contribution in [2.75, 3.05) is 0 Å². The molecule has 0 fully saturated rings. The van der Waals surface area contributed by atoms with E-state index in [1.54, 1.807) is 17.6 Å². The van der Waals surface area contributed by atoms with Crippen LogP contribution in [0.4, 0.5) is 0 Å². The van der Waals surface area contributed by atoms with Crippen LogP contribution in [0, 0.1) is 0 Å². The molecule has 2 aromatic carbocycles. The molecule has 116 valence electrons. The van der Waals surface area contributed by atoms with Gasteiger partial charge < -0.3 is 0 Å². The van der Waals surface area contributed by atoms with E-state index in [-0.39, 0.29) is 5.91 Å². The molecule has 1 aromatic heterocycles. The monoisotopic (exact) mass is 322 g/mol. The summed E-state index contributed by atoms with van der Waals surface area (Å²) in [5.41, 5.74) is 4.57. The lowest BCUT2D eigenvalue weighted by Gasteiger charge is -2.07. The van der Waals surface area contributed by atoms with Crippen molar-refractivity contribution in [1.82, 2.24) is 5.43 Å². The van der Waals surface area contributed by atoms with Gasteiger partial charge in [0.25, 0.3) is 5.91 Å². The van der Waals surface area contributed by atoms with E-state index in [1.165, 1.54) is 5.56 Å². The topological polar surface area (TPSA) is 41.5 Å². The molecule has 3 rings (SSSR count). The number of amides is 1. The number of thiophene rings is 1. The van der Waals surface area contributed by atoms with E-state index in [0.717, 1.165) is 16.5 Å². The fourth-order valence-corrected chi connectivity index (χ4v) is 3.39. The van der Waals surface area contributed by atoms with Crippen molar-refractivity contribution < 1.29 is 4.79 Å². The fraction of sp³-hybridized carbons (Fsp3) is 0.158. The third kappa shape index (κ3) is 3.66. The van der Waals surface area contributed by atoms with E-state index in [4.69, 9.17) is 0 Å². The Labute approximate surface area is 139 Å². The molecule has 0 aliphatic rings.